The Morgan fingerprint density at radius 3 is 2.55 bits per heavy atom. The van der Waals surface area contributed by atoms with E-state index in [0.717, 1.165) is 28.4 Å². The molecule has 8 heteroatoms. The highest BCUT2D eigenvalue weighted by Gasteiger charge is 2.26. The number of halogens is 3. The van der Waals surface area contributed by atoms with Crippen molar-refractivity contribution in [2.75, 3.05) is 19.3 Å². The van der Waals surface area contributed by atoms with Crippen LogP contribution in [0.2, 0.25) is 0 Å². The zero-order valence-electron chi connectivity index (χ0n) is 12.2. The Labute approximate surface area is 126 Å². The number of rotatable bonds is 5. The quantitative estimate of drug-likeness (QED) is 0.826. The van der Waals surface area contributed by atoms with Crippen LogP contribution in [0.5, 0.6) is 0 Å². The zero-order valence-corrected chi connectivity index (χ0v) is 13.0. The molecule has 0 amide bonds. The molecule has 0 aliphatic rings. The van der Waals surface area contributed by atoms with Crippen molar-refractivity contribution in [3.05, 3.63) is 29.5 Å². The number of fused-ring (bicyclic) bond motifs is 1. The van der Waals surface area contributed by atoms with Crippen molar-refractivity contribution in [3.63, 3.8) is 0 Å². The molecular weight excluding hydrogens is 317 g/mol. The van der Waals surface area contributed by atoms with Gasteiger partial charge in [0.05, 0.1) is 11.4 Å². The normalized spacial score (nSPS) is 13.0. The largest absolute Gasteiger partial charge is 0.401 e. The number of aromatic nitrogens is 1. The maximum Gasteiger partial charge on any atom is 0.401 e. The van der Waals surface area contributed by atoms with Gasteiger partial charge >= 0.3 is 6.18 Å². The maximum absolute atomic E-state index is 12.1. The SMILES string of the molecule is Cc1[nH]c2ccc(S(C)(=O)=O)cc2c1CCNCC(F)(F)F. The number of alkyl halides is 3. The van der Waals surface area contributed by atoms with Crippen molar-refractivity contribution in [1.82, 2.24) is 10.3 Å². The van der Waals surface area contributed by atoms with Crippen LogP contribution in [0.25, 0.3) is 10.9 Å². The monoisotopic (exact) mass is 334 g/mol. The van der Waals surface area contributed by atoms with Crippen molar-refractivity contribution in [3.8, 4) is 0 Å². The number of hydrogen-bond acceptors (Lipinski definition) is 3. The lowest BCUT2D eigenvalue weighted by molar-refractivity contribution is -0.124. The lowest BCUT2D eigenvalue weighted by Gasteiger charge is -2.08. The highest BCUT2D eigenvalue weighted by molar-refractivity contribution is 7.90. The van der Waals surface area contributed by atoms with Crippen molar-refractivity contribution in [2.45, 2.75) is 24.4 Å². The number of H-pyrrole nitrogens is 1. The van der Waals surface area contributed by atoms with Gasteiger partial charge in [0.1, 0.15) is 0 Å². The van der Waals surface area contributed by atoms with Crippen LogP contribution in [0.4, 0.5) is 13.2 Å². The van der Waals surface area contributed by atoms with Crippen molar-refractivity contribution >= 4 is 20.7 Å². The van der Waals surface area contributed by atoms with Gasteiger partial charge in [0.2, 0.25) is 0 Å². The van der Waals surface area contributed by atoms with E-state index in [1.165, 1.54) is 6.07 Å². The number of aryl methyl sites for hydroxylation is 1. The van der Waals surface area contributed by atoms with Gasteiger partial charge in [-0.25, -0.2) is 8.42 Å². The molecule has 0 fully saturated rings. The number of benzene rings is 1. The Balaban J connectivity index is 2.23. The fraction of sp³-hybridized carbons (Fsp3) is 0.429. The van der Waals surface area contributed by atoms with Crippen LogP contribution in [0.15, 0.2) is 23.1 Å². The van der Waals surface area contributed by atoms with E-state index >= 15 is 0 Å². The van der Waals surface area contributed by atoms with Crippen molar-refractivity contribution in [2.24, 2.45) is 0 Å². The van der Waals surface area contributed by atoms with Gasteiger partial charge in [-0.1, -0.05) is 0 Å². The van der Waals surface area contributed by atoms with E-state index in [0.29, 0.717) is 6.42 Å². The van der Waals surface area contributed by atoms with E-state index in [4.69, 9.17) is 0 Å². The number of aromatic amines is 1. The molecule has 4 nitrogen and oxygen atoms in total. The van der Waals surface area contributed by atoms with E-state index in [9.17, 15) is 21.6 Å². The van der Waals surface area contributed by atoms with Crippen molar-refractivity contribution < 1.29 is 21.6 Å². The molecule has 0 atom stereocenters. The van der Waals surface area contributed by atoms with E-state index in [2.05, 4.69) is 10.3 Å². The summed E-state index contributed by atoms with van der Waals surface area (Å²) in [6, 6.07) is 4.75. The third-order valence-electron chi connectivity index (χ3n) is 3.40. The standard InChI is InChI=1S/C14H17F3N2O2S/c1-9-11(5-6-18-8-14(15,16)17)12-7-10(22(2,20)21)3-4-13(12)19-9/h3-4,7,18-19H,5-6,8H2,1-2H3. The fourth-order valence-electron chi connectivity index (χ4n) is 2.36. The molecule has 2 rings (SSSR count). The second kappa shape index (κ2) is 5.92. The number of nitrogens with one attached hydrogen (secondary N) is 2. The molecule has 22 heavy (non-hydrogen) atoms. The minimum Gasteiger partial charge on any atom is -0.358 e. The van der Waals surface area contributed by atoms with Gasteiger partial charge in [-0.05, 0) is 43.7 Å². The Bertz CT molecular complexity index is 779. The van der Waals surface area contributed by atoms with E-state index in [1.807, 2.05) is 6.92 Å². The fourth-order valence-corrected chi connectivity index (χ4v) is 3.00. The molecule has 0 saturated heterocycles. The van der Waals surface area contributed by atoms with Crippen LogP contribution in [-0.2, 0) is 16.3 Å². The van der Waals surface area contributed by atoms with Gasteiger partial charge in [-0.3, -0.25) is 0 Å². The van der Waals surface area contributed by atoms with Crippen LogP contribution in [0.1, 0.15) is 11.3 Å². The predicted octanol–water partition coefficient (Wildman–Crippen LogP) is 2.57. The average molecular weight is 334 g/mol. The Hall–Kier alpha value is -1.54. The maximum atomic E-state index is 12.1. The summed E-state index contributed by atoms with van der Waals surface area (Å²) in [4.78, 5) is 3.32. The van der Waals surface area contributed by atoms with Gasteiger partial charge in [-0.2, -0.15) is 13.2 Å². The summed E-state index contributed by atoms with van der Waals surface area (Å²) >= 11 is 0. The van der Waals surface area contributed by atoms with Gasteiger partial charge in [0.25, 0.3) is 0 Å². The first-order chi connectivity index (χ1) is 10.1. The van der Waals surface area contributed by atoms with E-state index in [1.54, 1.807) is 12.1 Å². The highest BCUT2D eigenvalue weighted by atomic mass is 32.2. The Morgan fingerprint density at radius 2 is 1.95 bits per heavy atom. The third kappa shape index (κ3) is 4.01. The van der Waals surface area contributed by atoms with Gasteiger partial charge in [-0.15, -0.1) is 0 Å². The van der Waals surface area contributed by atoms with Crippen LogP contribution in [0.3, 0.4) is 0 Å². The van der Waals surface area contributed by atoms with Crippen LogP contribution in [-0.4, -0.2) is 38.9 Å². The minimum absolute atomic E-state index is 0.163. The summed E-state index contributed by atoms with van der Waals surface area (Å²) in [5.41, 5.74) is 2.43. The topological polar surface area (TPSA) is 62.0 Å². The summed E-state index contributed by atoms with van der Waals surface area (Å²) in [5, 5.41) is 3.07. The summed E-state index contributed by atoms with van der Waals surface area (Å²) in [6.07, 6.45) is -2.73. The highest BCUT2D eigenvalue weighted by Crippen LogP contribution is 2.25. The smallest absolute Gasteiger partial charge is 0.358 e. The molecule has 0 radical (unpaired) electrons. The molecule has 0 saturated carbocycles. The summed E-state index contributed by atoms with van der Waals surface area (Å²) in [7, 11) is -3.32. The van der Waals surface area contributed by atoms with E-state index < -0.39 is 22.6 Å². The zero-order chi connectivity index (χ0) is 16.5. The lowest BCUT2D eigenvalue weighted by atomic mass is 10.1. The molecule has 2 aromatic rings. The summed E-state index contributed by atoms with van der Waals surface area (Å²) in [5.74, 6) is 0. The molecule has 1 aromatic carbocycles. The summed E-state index contributed by atoms with van der Waals surface area (Å²) in [6.45, 7) is 0.943. The second-order valence-corrected chi connectivity index (χ2v) is 7.27. The molecule has 0 bridgehead atoms. The van der Waals surface area contributed by atoms with E-state index in [-0.39, 0.29) is 11.4 Å². The number of hydrogen-bond donors (Lipinski definition) is 2. The van der Waals surface area contributed by atoms with Crippen LogP contribution < -0.4 is 5.32 Å². The Morgan fingerprint density at radius 1 is 1.27 bits per heavy atom. The molecule has 122 valence electrons. The number of sulfone groups is 1. The first-order valence-electron chi connectivity index (χ1n) is 6.66. The molecule has 0 aliphatic heterocycles. The molecule has 2 N–H and O–H groups in total. The lowest BCUT2D eigenvalue weighted by Crippen LogP contribution is -2.30. The molecule has 1 aromatic heterocycles. The van der Waals surface area contributed by atoms with Gasteiger partial charge in [0, 0.05) is 22.9 Å². The molecular formula is C14H17F3N2O2S. The minimum atomic E-state index is -4.24. The van der Waals surface area contributed by atoms with Crippen LogP contribution in [0, 0.1) is 6.92 Å². The first-order valence-corrected chi connectivity index (χ1v) is 8.56. The van der Waals surface area contributed by atoms with Gasteiger partial charge < -0.3 is 10.3 Å². The average Bonchev–Trinajstić information content (AvgIpc) is 2.67. The third-order valence-corrected chi connectivity index (χ3v) is 4.51. The molecule has 1 heterocycles. The Kier molecular flexibility index (Phi) is 4.53. The van der Waals surface area contributed by atoms with Crippen LogP contribution >= 0.6 is 0 Å². The first kappa shape index (κ1) is 16.8. The molecule has 0 aliphatic carbocycles. The predicted molar refractivity (Wildman–Crippen MR) is 78.8 cm³/mol. The molecule has 0 unspecified atom stereocenters. The molecule has 0 spiro atoms. The van der Waals surface area contributed by atoms with Gasteiger partial charge in [0.15, 0.2) is 9.84 Å². The van der Waals surface area contributed by atoms with Crippen molar-refractivity contribution in [1.29, 1.82) is 0 Å². The summed E-state index contributed by atoms with van der Waals surface area (Å²) < 4.78 is 59.5. The second-order valence-electron chi connectivity index (χ2n) is 5.25.